The van der Waals surface area contributed by atoms with Gasteiger partial charge < -0.3 is 14.0 Å². The molecule has 6 nitrogen and oxygen atoms in total. The van der Waals surface area contributed by atoms with Gasteiger partial charge in [-0.2, -0.15) is 0 Å². The largest absolute Gasteiger partial charge is 0.493 e. The molecule has 2 heterocycles. The third-order valence-electron chi connectivity index (χ3n) is 3.75. The maximum atomic E-state index is 5.56. The molecule has 0 saturated carbocycles. The van der Waals surface area contributed by atoms with Crippen LogP contribution in [-0.4, -0.2) is 33.7 Å². The molecule has 3 aromatic rings. The number of hydrogen-bond acceptors (Lipinski definition) is 5. The fourth-order valence-electron chi connectivity index (χ4n) is 2.62. The summed E-state index contributed by atoms with van der Waals surface area (Å²) in [6.45, 7) is 4.52. The van der Waals surface area contributed by atoms with E-state index in [-0.39, 0.29) is 0 Å². The van der Waals surface area contributed by atoms with E-state index in [9.17, 15) is 0 Å². The smallest absolute Gasteiger partial charge is 0.171 e. The molecule has 0 atom stereocenters. The average molecular weight is 324 g/mol. The van der Waals surface area contributed by atoms with Crippen LogP contribution in [0.5, 0.6) is 11.5 Å². The Morgan fingerprint density at radius 3 is 2.50 bits per heavy atom. The van der Waals surface area contributed by atoms with Crippen molar-refractivity contribution in [2.24, 2.45) is 0 Å². The second-order valence-electron chi connectivity index (χ2n) is 5.58. The van der Waals surface area contributed by atoms with Gasteiger partial charge in [0, 0.05) is 18.6 Å². The highest BCUT2D eigenvalue weighted by Crippen LogP contribution is 2.38. The topological polar surface area (TPSA) is 62.1 Å². The molecule has 6 heteroatoms. The first kappa shape index (κ1) is 16.0. The van der Waals surface area contributed by atoms with Crippen molar-refractivity contribution in [2.75, 3.05) is 14.2 Å². The summed E-state index contributed by atoms with van der Waals surface area (Å²) >= 11 is 0. The zero-order valence-electron chi connectivity index (χ0n) is 14.3. The molecule has 0 amide bonds. The van der Waals surface area contributed by atoms with Crippen LogP contribution in [0.25, 0.3) is 11.4 Å². The van der Waals surface area contributed by atoms with Crippen molar-refractivity contribution in [1.29, 1.82) is 0 Å². The number of nitrogens with zero attached hydrogens (tertiary/aromatic N) is 4. The predicted molar refractivity (Wildman–Crippen MR) is 91.4 cm³/mol. The normalized spacial score (nSPS) is 10.7. The van der Waals surface area contributed by atoms with Crippen molar-refractivity contribution in [3.63, 3.8) is 0 Å². The van der Waals surface area contributed by atoms with Gasteiger partial charge in [-0.1, -0.05) is 0 Å². The lowest BCUT2D eigenvalue weighted by atomic mass is 10.1. The molecular formula is C18H20N4O2. The number of imidazole rings is 1. The highest BCUT2D eigenvalue weighted by Gasteiger charge is 2.17. The number of hydrogen-bond donors (Lipinski definition) is 0. The average Bonchev–Trinajstić information content (AvgIpc) is 3.04. The standard InChI is InChI=1S/C18H20N4O2/c1-12-7-15(17(24-4)16(8-12)23-3)18-19-5-6-22(18)11-14-10-20-13(2)9-21-14/h5-10H,11H2,1-4H3. The molecular weight excluding hydrogens is 304 g/mol. The van der Waals surface area contributed by atoms with Crippen LogP contribution in [0, 0.1) is 13.8 Å². The maximum absolute atomic E-state index is 5.56. The monoisotopic (exact) mass is 324 g/mol. The molecule has 0 spiro atoms. The quantitative estimate of drug-likeness (QED) is 0.722. The molecule has 0 saturated heterocycles. The molecule has 24 heavy (non-hydrogen) atoms. The van der Waals surface area contributed by atoms with Gasteiger partial charge >= 0.3 is 0 Å². The van der Waals surface area contributed by atoms with Crippen LogP contribution in [0.1, 0.15) is 17.0 Å². The minimum atomic E-state index is 0.585. The predicted octanol–water partition coefficient (Wildman–Crippen LogP) is 3.02. The van der Waals surface area contributed by atoms with Crippen molar-refractivity contribution in [3.8, 4) is 22.9 Å². The van der Waals surface area contributed by atoms with Crippen molar-refractivity contribution < 1.29 is 9.47 Å². The molecule has 1 aromatic carbocycles. The van der Waals surface area contributed by atoms with Gasteiger partial charge in [0.05, 0.1) is 43.9 Å². The van der Waals surface area contributed by atoms with Gasteiger partial charge in [-0.05, 0) is 31.5 Å². The Hall–Kier alpha value is -2.89. The van der Waals surface area contributed by atoms with E-state index < -0.39 is 0 Å². The zero-order chi connectivity index (χ0) is 17.1. The summed E-state index contributed by atoms with van der Waals surface area (Å²) in [5.74, 6) is 2.17. The first-order valence-electron chi connectivity index (χ1n) is 7.64. The highest BCUT2D eigenvalue weighted by atomic mass is 16.5. The first-order chi connectivity index (χ1) is 11.6. The Kier molecular flexibility index (Phi) is 4.46. The second-order valence-corrected chi connectivity index (χ2v) is 5.58. The van der Waals surface area contributed by atoms with Crippen molar-refractivity contribution in [1.82, 2.24) is 19.5 Å². The number of benzene rings is 1. The van der Waals surface area contributed by atoms with Gasteiger partial charge in [-0.3, -0.25) is 9.97 Å². The van der Waals surface area contributed by atoms with E-state index in [1.165, 1.54) is 0 Å². The van der Waals surface area contributed by atoms with Crippen LogP contribution in [0.4, 0.5) is 0 Å². The van der Waals surface area contributed by atoms with Crippen LogP contribution in [0.15, 0.2) is 36.9 Å². The molecule has 0 N–H and O–H groups in total. The van der Waals surface area contributed by atoms with E-state index in [2.05, 4.69) is 15.0 Å². The Bertz CT molecular complexity index is 841. The fraction of sp³-hybridized carbons (Fsp3) is 0.278. The lowest BCUT2D eigenvalue weighted by Gasteiger charge is -2.15. The van der Waals surface area contributed by atoms with Gasteiger partial charge in [0.2, 0.25) is 0 Å². The minimum absolute atomic E-state index is 0.585. The molecule has 0 aliphatic rings. The molecule has 0 unspecified atom stereocenters. The summed E-state index contributed by atoms with van der Waals surface area (Å²) in [5, 5.41) is 0. The molecule has 3 rings (SSSR count). The Morgan fingerprint density at radius 2 is 1.83 bits per heavy atom. The number of rotatable bonds is 5. The SMILES string of the molecule is COc1cc(C)cc(-c2nccn2Cc2cnc(C)cn2)c1OC. The van der Waals surface area contributed by atoms with Crippen LogP contribution in [0.2, 0.25) is 0 Å². The number of ether oxygens (including phenoxy) is 2. The van der Waals surface area contributed by atoms with Crippen molar-refractivity contribution in [2.45, 2.75) is 20.4 Å². The lowest BCUT2D eigenvalue weighted by Crippen LogP contribution is -2.05. The molecule has 0 fully saturated rings. The van der Waals surface area contributed by atoms with Gasteiger partial charge in [0.25, 0.3) is 0 Å². The van der Waals surface area contributed by atoms with Gasteiger partial charge in [-0.15, -0.1) is 0 Å². The van der Waals surface area contributed by atoms with E-state index in [0.717, 1.165) is 28.3 Å². The first-order valence-corrected chi connectivity index (χ1v) is 7.64. The van der Waals surface area contributed by atoms with Gasteiger partial charge in [-0.25, -0.2) is 4.98 Å². The molecule has 0 aliphatic heterocycles. The molecule has 2 aromatic heterocycles. The molecule has 0 bridgehead atoms. The second kappa shape index (κ2) is 6.70. The van der Waals surface area contributed by atoms with E-state index in [0.29, 0.717) is 18.0 Å². The van der Waals surface area contributed by atoms with Gasteiger partial charge in [0.15, 0.2) is 11.5 Å². The van der Waals surface area contributed by atoms with Crippen LogP contribution < -0.4 is 9.47 Å². The van der Waals surface area contributed by atoms with E-state index >= 15 is 0 Å². The summed E-state index contributed by atoms with van der Waals surface area (Å²) < 4.78 is 13.0. The van der Waals surface area contributed by atoms with E-state index in [4.69, 9.17) is 9.47 Å². The van der Waals surface area contributed by atoms with Gasteiger partial charge in [0.1, 0.15) is 5.82 Å². The third kappa shape index (κ3) is 3.08. The van der Waals surface area contributed by atoms with Crippen molar-refractivity contribution in [3.05, 3.63) is 53.9 Å². The van der Waals surface area contributed by atoms with Crippen LogP contribution in [-0.2, 0) is 6.54 Å². The Labute approximate surface area is 141 Å². The summed E-state index contributed by atoms with van der Waals surface area (Å²) in [6, 6.07) is 3.99. The Morgan fingerprint density at radius 1 is 1.00 bits per heavy atom. The molecule has 0 radical (unpaired) electrons. The molecule has 124 valence electrons. The number of aryl methyl sites for hydroxylation is 2. The van der Waals surface area contributed by atoms with Crippen LogP contribution in [0.3, 0.4) is 0 Å². The van der Waals surface area contributed by atoms with E-state index in [1.807, 2.05) is 36.7 Å². The minimum Gasteiger partial charge on any atom is -0.493 e. The highest BCUT2D eigenvalue weighted by molar-refractivity contribution is 5.70. The van der Waals surface area contributed by atoms with Crippen LogP contribution >= 0.6 is 0 Å². The zero-order valence-corrected chi connectivity index (χ0v) is 14.3. The lowest BCUT2D eigenvalue weighted by molar-refractivity contribution is 0.355. The van der Waals surface area contributed by atoms with E-state index in [1.54, 1.807) is 32.8 Å². The number of aromatic nitrogens is 4. The van der Waals surface area contributed by atoms with Crippen molar-refractivity contribution >= 4 is 0 Å². The summed E-state index contributed by atoms with van der Waals surface area (Å²) in [6.07, 6.45) is 7.24. The number of methoxy groups -OCH3 is 2. The fourth-order valence-corrected chi connectivity index (χ4v) is 2.62. The maximum Gasteiger partial charge on any atom is 0.171 e. The Balaban J connectivity index is 2.04. The summed E-state index contributed by atoms with van der Waals surface area (Å²) in [5.41, 5.74) is 3.74. The summed E-state index contributed by atoms with van der Waals surface area (Å²) in [4.78, 5) is 13.2. The third-order valence-corrected chi connectivity index (χ3v) is 3.75. The summed E-state index contributed by atoms with van der Waals surface area (Å²) in [7, 11) is 3.27. The molecule has 0 aliphatic carbocycles.